The zero-order valence-electron chi connectivity index (χ0n) is 16.4. The second kappa shape index (κ2) is 8.44. The number of ketones is 1. The highest BCUT2D eigenvalue weighted by molar-refractivity contribution is 7.13. The summed E-state index contributed by atoms with van der Waals surface area (Å²) in [5.41, 5.74) is 6.41. The number of aryl methyl sites for hydroxylation is 1. The summed E-state index contributed by atoms with van der Waals surface area (Å²) in [4.78, 5) is 33.2. The first-order valence-corrected chi connectivity index (χ1v) is 9.85. The summed E-state index contributed by atoms with van der Waals surface area (Å²) in [5.74, 6) is -0.652. The minimum absolute atomic E-state index is 0.0367. The molecular formula is C22H22N2O3S. The number of esters is 1. The first kappa shape index (κ1) is 19.9. The Morgan fingerprint density at radius 3 is 2.61 bits per heavy atom. The molecule has 6 heteroatoms. The number of carbonyl (C=O) groups is 2. The lowest BCUT2D eigenvalue weighted by atomic mass is 9.93. The van der Waals surface area contributed by atoms with E-state index in [4.69, 9.17) is 4.74 Å². The van der Waals surface area contributed by atoms with Crippen LogP contribution in [0.1, 0.15) is 38.3 Å². The van der Waals surface area contributed by atoms with Crippen LogP contribution in [-0.2, 0) is 16.0 Å². The van der Waals surface area contributed by atoms with Crippen LogP contribution < -0.4 is 0 Å². The average molecular weight is 394 g/mol. The SMILES string of the molecule is Cc1cc(C(=O)COC(=O)Cc2csc(-c3cccnc3)n2)c(C)c(C)c1C. The van der Waals surface area contributed by atoms with Gasteiger partial charge in [-0.25, -0.2) is 4.98 Å². The lowest BCUT2D eigenvalue weighted by molar-refractivity contribution is -0.141. The number of carbonyl (C=O) groups excluding carboxylic acids is 2. The van der Waals surface area contributed by atoms with Crippen LogP contribution in [0.3, 0.4) is 0 Å². The van der Waals surface area contributed by atoms with E-state index in [-0.39, 0.29) is 18.8 Å². The molecule has 2 aromatic heterocycles. The molecule has 0 spiro atoms. The Labute approximate surface area is 168 Å². The maximum absolute atomic E-state index is 12.5. The minimum Gasteiger partial charge on any atom is -0.457 e. The molecule has 0 saturated carbocycles. The van der Waals surface area contributed by atoms with Gasteiger partial charge in [0.25, 0.3) is 0 Å². The molecule has 0 unspecified atom stereocenters. The molecule has 1 aromatic carbocycles. The topological polar surface area (TPSA) is 69.2 Å². The van der Waals surface area contributed by atoms with Gasteiger partial charge in [-0.05, 0) is 68.1 Å². The Kier molecular flexibility index (Phi) is 5.99. The van der Waals surface area contributed by atoms with Gasteiger partial charge in [0.05, 0.1) is 12.1 Å². The largest absolute Gasteiger partial charge is 0.457 e. The number of aromatic nitrogens is 2. The van der Waals surface area contributed by atoms with Crippen molar-refractivity contribution >= 4 is 23.1 Å². The first-order chi connectivity index (χ1) is 13.4. The van der Waals surface area contributed by atoms with Crippen molar-refractivity contribution in [3.63, 3.8) is 0 Å². The average Bonchev–Trinajstić information content (AvgIpc) is 3.16. The third-order valence-electron chi connectivity index (χ3n) is 4.93. The smallest absolute Gasteiger partial charge is 0.312 e. The van der Waals surface area contributed by atoms with Gasteiger partial charge in [0, 0.05) is 28.9 Å². The number of hydrogen-bond acceptors (Lipinski definition) is 6. The van der Waals surface area contributed by atoms with Crippen LogP contribution >= 0.6 is 11.3 Å². The highest BCUT2D eigenvalue weighted by atomic mass is 32.1. The molecular weight excluding hydrogens is 372 g/mol. The number of benzene rings is 1. The normalized spacial score (nSPS) is 10.7. The summed E-state index contributed by atoms with van der Waals surface area (Å²) in [7, 11) is 0. The molecule has 5 nitrogen and oxygen atoms in total. The first-order valence-electron chi connectivity index (χ1n) is 8.98. The van der Waals surface area contributed by atoms with Crippen molar-refractivity contribution in [1.82, 2.24) is 9.97 Å². The van der Waals surface area contributed by atoms with Crippen LogP contribution in [-0.4, -0.2) is 28.3 Å². The fourth-order valence-corrected chi connectivity index (χ4v) is 3.74. The molecule has 0 saturated heterocycles. The van der Waals surface area contributed by atoms with Crippen LogP contribution in [0.5, 0.6) is 0 Å². The van der Waals surface area contributed by atoms with Gasteiger partial charge in [0.1, 0.15) is 5.01 Å². The predicted molar refractivity (Wildman–Crippen MR) is 110 cm³/mol. The van der Waals surface area contributed by atoms with Crippen LogP contribution in [0.2, 0.25) is 0 Å². The van der Waals surface area contributed by atoms with E-state index >= 15 is 0 Å². The van der Waals surface area contributed by atoms with E-state index in [1.807, 2.05) is 51.3 Å². The van der Waals surface area contributed by atoms with Crippen LogP contribution in [0.4, 0.5) is 0 Å². The summed E-state index contributed by atoms with van der Waals surface area (Å²) in [5, 5.41) is 2.62. The standard InChI is InChI=1S/C22H22N2O3S/c1-13-8-19(16(4)15(3)14(13)2)20(25)11-27-21(26)9-18-12-28-22(24-18)17-6-5-7-23-10-17/h5-8,10,12H,9,11H2,1-4H3. The zero-order chi connectivity index (χ0) is 20.3. The van der Waals surface area contributed by atoms with Crippen LogP contribution in [0, 0.1) is 27.7 Å². The highest BCUT2D eigenvalue weighted by Gasteiger charge is 2.17. The molecule has 2 heterocycles. The molecule has 0 bridgehead atoms. The van der Waals surface area contributed by atoms with E-state index in [0.717, 1.165) is 27.3 Å². The van der Waals surface area contributed by atoms with Crippen molar-refractivity contribution in [3.8, 4) is 10.6 Å². The summed E-state index contributed by atoms with van der Waals surface area (Å²) >= 11 is 1.45. The maximum atomic E-state index is 12.5. The van der Waals surface area contributed by atoms with Gasteiger partial charge in [-0.3, -0.25) is 14.6 Å². The highest BCUT2D eigenvalue weighted by Crippen LogP contribution is 2.23. The van der Waals surface area contributed by atoms with Gasteiger partial charge in [0.2, 0.25) is 5.78 Å². The molecule has 0 radical (unpaired) electrons. The van der Waals surface area contributed by atoms with Gasteiger partial charge < -0.3 is 4.74 Å². The molecule has 0 atom stereocenters. The Hall–Kier alpha value is -2.86. The molecule has 144 valence electrons. The number of thiazole rings is 1. The summed E-state index contributed by atoms with van der Waals surface area (Å²) in [6.45, 7) is 7.68. The summed E-state index contributed by atoms with van der Waals surface area (Å²) in [6.07, 6.45) is 3.47. The second-order valence-corrected chi connectivity index (χ2v) is 7.62. The minimum atomic E-state index is -0.463. The number of rotatable bonds is 6. The van der Waals surface area contributed by atoms with Crippen molar-refractivity contribution < 1.29 is 14.3 Å². The fraction of sp³-hybridized carbons (Fsp3) is 0.273. The Morgan fingerprint density at radius 1 is 1.11 bits per heavy atom. The van der Waals surface area contributed by atoms with E-state index in [9.17, 15) is 9.59 Å². The number of ether oxygens (including phenoxy) is 1. The van der Waals surface area contributed by atoms with Crippen molar-refractivity contribution in [2.75, 3.05) is 6.61 Å². The lowest BCUT2D eigenvalue weighted by Crippen LogP contribution is -2.17. The molecule has 0 aliphatic rings. The van der Waals surface area contributed by atoms with Crippen molar-refractivity contribution in [2.45, 2.75) is 34.1 Å². The third kappa shape index (κ3) is 4.34. The molecule has 3 aromatic rings. The zero-order valence-corrected chi connectivity index (χ0v) is 17.2. The molecule has 0 aliphatic heterocycles. The monoisotopic (exact) mass is 394 g/mol. The van der Waals surface area contributed by atoms with Gasteiger partial charge >= 0.3 is 5.97 Å². The number of Topliss-reactive ketones (excluding diaryl/α,β-unsaturated/α-hetero) is 1. The predicted octanol–water partition coefficient (Wildman–Crippen LogP) is 4.41. The quantitative estimate of drug-likeness (QED) is 0.458. The number of pyridine rings is 1. The molecule has 0 N–H and O–H groups in total. The van der Waals surface area contributed by atoms with Gasteiger partial charge in [0.15, 0.2) is 6.61 Å². The van der Waals surface area contributed by atoms with Crippen molar-refractivity contribution in [2.24, 2.45) is 0 Å². The molecule has 0 fully saturated rings. The van der Waals surface area contributed by atoms with E-state index < -0.39 is 5.97 Å². The fourth-order valence-electron chi connectivity index (χ4n) is 2.93. The molecule has 28 heavy (non-hydrogen) atoms. The van der Waals surface area contributed by atoms with Gasteiger partial charge in [-0.1, -0.05) is 0 Å². The molecule has 0 aliphatic carbocycles. The van der Waals surface area contributed by atoms with E-state index in [2.05, 4.69) is 9.97 Å². The van der Waals surface area contributed by atoms with E-state index in [1.165, 1.54) is 16.9 Å². The Morgan fingerprint density at radius 2 is 1.89 bits per heavy atom. The Balaban J connectivity index is 1.61. The number of hydrogen-bond donors (Lipinski definition) is 0. The van der Waals surface area contributed by atoms with Gasteiger partial charge in [-0.2, -0.15) is 0 Å². The summed E-state index contributed by atoms with van der Waals surface area (Å²) < 4.78 is 5.21. The van der Waals surface area contributed by atoms with Crippen molar-refractivity contribution in [1.29, 1.82) is 0 Å². The second-order valence-electron chi connectivity index (χ2n) is 6.76. The third-order valence-corrected chi connectivity index (χ3v) is 5.87. The summed E-state index contributed by atoms with van der Waals surface area (Å²) in [6, 6.07) is 5.63. The van der Waals surface area contributed by atoms with Crippen molar-refractivity contribution in [3.05, 3.63) is 69.5 Å². The van der Waals surface area contributed by atoms with E-state index in [1.54, 1.807) is 12.4 Å². The van der Waals surface area contributed by atoms with Gasteiger partial charge in [-0.15, -0.1) is 11.3 Å². The van der Waals surface area contributed by atoms with Crippen LogP contribution in [0.25, 0.3) is 10.6 Å². The van der Waals surface area contributed by atoms with Crippen LogP contribution in [0.15, 0.2) is 36.0 Å². The molecule has 3 rings (SSSR count). The lowest BCUT2D eigenvalue weighted by Gasteiger charge is -2.13. The Bertz CT molecular complexity index is 1030. The maximum Gasteiger partial charge on any atom is 0.312 e. The number of nitrogens with zero attached hydrogens (tertiary/aromatic N) is 2. The van der Waals surface area contributed by atoms with E-state index in [0.29, 0.717) is 11.3 Å². The molecule has 0 amide bonds.